The maximum absolute atomic E-state index is 6.77. The second kappa shape index (κ2) is 4.67. The van der Waals surface area contributed by atoms with Gasteiger partial charge in [0.15, 0.2) is 0 Å². The van der Waals surface area contributed by atoms with E-state index in [4.69, 9.17) is 11.5 Å². The molecule has 2 aliphatic rings. The summed E-state index contributed by atoms with van der Waals surface area (Å²) in [6, 6.07) is 9.00. The highest BCUT2D eigenvalue weighted by Crippen LogP contribution is 2.43. The Morgan fingerprint density at radius 1 is 1.06 bits per heavy atom. The van der Waals surface area contributed by atoms with E-state index in [1.54, 1.807) is 0 Å². The van der Waals surface area contributed by atoms with Crippen LogP contribution < -0.4 is 11.5 Å². The lowest BCUT2D eigenvalue weighted by Gasteiger charge is -2.47. The number of nitrogens with two attached hydrogens (primary N) is 2. The van der Waals surface area contributed by atoms with Crippen molar-refractivity contribution in [2.75, 3.05) is 0 Å². The molecule has 0 spiro atoms. The predicted octanol–water partition coefficient (Wildman–Crippen LogP) is 2.71. The third-order valence-electron chi connectivity index (χ3n) is 5.08. The molecule has 0 aliphatic heterocycles. The average Bonchev–Trinajstić information content (AvgIpc) is 2.41. The van der Waals surface area contributed by atoms with E-state index in [-0.39, 0.29) is 11.6 Å². The molecule has 2 aliphatic carbocycles. The van der Waals surface area contributed by atoms with Gasteiger partial charge in [0.05, 0.1) is 0 Å². The van der Waals surface area contributed by atoms with E-state index < -0.39 is 0 Å². The van der Waals surface area contributed by atoms with Crippen LogP contribution >= 0.6 is 0 Å². The topological polar surface area (TPSA) is 52.0 Å². The van der Waals surface area contributed by atoms with E-state index >= 15 is 0 Å². The molecule has 1 saturated carbocycles. The summed E-state index contributed by atoms with van der Waals surface area (Å²) in [7, 11) is 0. The molecule has 3 rings (SSSR count). The number of aryl methyl sites for hydroxylation is 1. The highest BCUT2D eigenvalue weighted by Gasteiger charge is 2.43. The maximum atomic E-state index is 6.77. The van der Waals surface area contributed by atoms with Gasteiger partial charge in [-0.3, -0.25) is 0 Å². The first-order valence-electron chi connectivity index (χ1n) is 7.34. The number of hydrogen-bond acceptors (Lipinski definition) is 2. The van der Waals surface area contributed by atoms with E-state index in [1.165, 1.54) is 43.2 Å². The minimum atomic E-state index is -0.172. The second-order valence-corrected chi connectivity index (χ2v) is 6.11. The molecule has 98 valence electrons. The number of hydrogen-bond donors (Lipinski definition) is 2. The molecule has 0 saturated heterocycles. The van der Waals surface area contributed by atoms with Crippen molar-refractivity contribution in [2.45, 2.75) is 62.4 Å². The lowest BCUT2D eigenvalue weighted by atomic mass is 9.64. The van der Waals surface area contributed by atoms with Crippen LogP contribution in [0.5, 0.6) is 0 Å². The Bertz CT molecular complexity index is 429. The Morgan fingerprint density at radius 3 is 2.72 bits per heavy atom. The van der Waals surface area contributed by atoms with E-state index in [2.05, 4.69) is 24.3 Å². The smallest absolute Gasteiger partial charge is 0.0377 e. The molecule has 18 heavy (non-hydrogen) atoms. The van der Waals surface area contributed by atoms with Crippen molar-refractivity contribution in [3.05, 3.63) is 35.4 Å². The Kier molecular flexibility index (Phi) is 3.16. The maximum Gasteiger partial charge on any atom is 0.0377 e. The molecular weight excluding hydrogens is 220 g/mol. The quantitative estimate of drug-likeness (QED) is 0.798. The first-order chi connectivity index (χ1) is 8.72. The fourth-order valence-corrected chi connectivity index (χ4v) is 3.99. The van der Waals surface area contributed by atoms with Crippen molar-refractivity contribution in [1.29, 1.82) is 0 Å². The minimum Gasteiger partial charge on any atom is -0.326 e. The van der Waals surface area contributed by atoms with Crippen molar-refractivity contribution in [3.63, 3.8) is 0 Å². The molecule has 3 atom stereocenters. The first-order valence-corrected chi connectivity index (χ1v) is 7.34. The van der Waals surface area contributed by atoms with Crippen LogP contribution in [0.2, 0.25) is 0 Å². The fourth-order valence-electron chi connectivity index (χ4n) is 3.99. The number of benzene rings is 1. The largest absolute Gasteiger partial charge is 0.326 e. The molecule has 2 unspecified atom stereocenters. The molecule has 0 amide bonds. The van der Waals surface area contributed by atoms with Gasteiger partial charge in [0.25, 0.3) is 0 Å². The summed E-state index contributed by atoms with van der Waals surface area (Å²) in [5, 5.41) is 0. The van der Waals surface area contributed by atoms with Crippen LogP contribution in [0.1, 0.15) is 55.6 Å². The molecule has 0 aromatic heterocycles. The van der Waals surface area contributed by atoms with Crippen LogP contribution in [0.4, 0.5) is 0 Å². The zero-order valence-electron chi connectivity index (χ0n) is 11.1. The van der Waals surface area contributed by atoms with Gasteiger partial charge in [0.1, 0.15) is 0 Å². The summed E-state index contributed by atoms with van der Waals surface area (Å²) in [6.45, 7) is 0. The van der Waals surface area contributed by atoms with Gasteiger partial charge in [-0.05, 0) is 43.2 Å². The Labute approximate surface area is 110 Å². The monoisotopic (exact) mass is 244 g/mol. The molecule has 1 aromatic carbocycles. The Morgan fingerprint density at radius 2 is 1.89 bits per heavy atom. The van der Waals surface area contributed by atoms with Gasteiger partial charge in [-0.2, -0.15) is 0 Å². The Balaban J connectivity index is 1.97. The summed E-state index contributed by atoms with van der Waals surface area (Å²) in [5.41, 5.74) is 15.9. The van der Waals surface area contributed by atoms with Crippen molar-refractivity contribution in [3.8, 4) is 0 Å². The summed E-state index contributed by atoms with van der Waals surface area (Å²) >= 11 is 0. The summed E-state index contributed by atoms with van der Waals surface area (Å²) in [5.74, 6) is 0.470. The van der Waals surface area contributed by atoms with Gasteiger partial charge >= 0.3 is 0 Å². The standard InChI is InChI=1S/C16H24N2/c17-15-10-3-4-11-16(15,18)14-9-5-7-12-6-1-2-8-13(12)14/h1-2,6,8,14-15H,3-5,7,9-11,17-18H2/t14-,15?,16?/m0/s1. The summed E-state index contributed by atoms with van der Waals surface area (Å²) in [6.07, 6.45) is 8.34. The van der Waals surface area contributed by atoms with Gasteiger partial charge in [0, 0.05) is 17.5 Å². The van der Waals surface area contributed by atoms with Crippen LogP contribution in [0, 0.1) is 0 Å². The van der Waals surface area contributed by atoms with E-state index in [1.807, 2.05) is 0 Å². The molecule has 0 bridgehead atoms. The molecule has 1 fully saturated rings. The zero-order chi connectivity index (χ0) is 12.6. The third-order valence-corrected chi connectivity index (χ3v) is 5.08. The Hall–Kier alpha value is -0.860. The zero-order valence-corrected chi connectivity index (χ0v) is 11.1. The van der Waals surface area contributed by atoms with Crippen LogP contribution in [0.25, 0.3) is 0 Å². The minimum absolute atomic E-state index is 0.169. The van der Waals surface area contributed by atoms with Crippen molar-refractivity contribution in [2.24, 2.45) is 11.5 Å². The lowest BCUT2D eigenvalue weighted by molar-refractivity contribution is 0.196. The van der Waals surface area contributed by atoms with Crippen molar-refractivity contribution < 1.29 is 0 Å². The highest BCUT2D eigenvalue weighted by molar-refractivity contribution is 5.36. The number of rotatable bonds is 1. The molecular formula is C16H24N2. The molecule has 0 heterocycles. The molecule has 1 aromatic rings. The van der Waals surface area contributed by atoms with E-state index in [0.29, 0.717) is 5.92 Å². The van der Waals surface area contributed by atoms with Crippen LogP contribution in [0.3, 0.4) is 0 Å². The van der Waals surface area contributed by atoms with Crippen LogP contribution in [0.15, 0.2) is 24.3 Å². The summed E-state index contributed by atoms with van der Waals surface area (Å²) < 4.78 is 0. The highest BCUT2D eigenvalue weighted by atomic mass is 14.9. The molecule has 4 N–H and O–H groups in total. The van der Waals surface area contributed by atoms with Gasteiger partial charge in [-0.1, -0.05) is 37.1 Å². The normalized spacial score (nSPS) is 36.1. The van der Waals surface area contributed by atoms with Gasteiger partial charge in [-0.25, -0.2) is 0 Å². The van der Waals surface area contributed by atoms with E-state index in [0.717, 1.165) is 12.8 Å². The second-order valence-electron chi connectivity index (χ2n) is 6.11. The first kappa shape index (κ1) is 12.2. The van der Waals surface area contributed by atoms with Gasteiger partial charge in [-0.15, -0.1) is 0 Å². The van der Waals surface area contributed by atoms with Crippen LogP contribution in [-0.2, 0) is 6.42 Å². The van der Waals surface area contributed by atoms with Gasteiger partial charge in [0.2, 0.25) is 0 Å². The van der Waals surface area contributed by atoms with Crippen molar-refractivity contribution in [1.82, 2.24) is 0 Å². The van der Waals surface area contributed by atoms with Crippen LogP contribution in [-0.4, -0.2) is 11.6 Å². The predicted molar refractivity (Wildman–Crippen MR) is 75.5 cm³/mol. The molecule has 2 nitrogen and oxygen atoms in total. The van der Waals surface area contributed by atoms with Gasteiger partial charge < -0.3 is 11.5 Å². The van der Waals surface area contributed by atoms with E-state index in [9.17, 15) is 0 Å². The summed E-state index contributed by atoms with van der Waals surface area (Å²) in [4.78, 5) is 0. The fraction of sp³-hybridized carbons (Fsp3) is 0.625. The molecule has 0 radical (unpaired) electrons. The lowest BCUT2D eigenvalue weighted by Crippen LogP contribution is -2.61. The number of fused-ring (bicyclic) bond motifs is 1. The third kappa shape index (κ3) is 1.88. The molecule has 2 heteroatoms. The average molecular weight is 244 g/mol. The van der Waals surface area contributed by atoms with Crippen molar-refractivity contribution >= 4 is 0 Å². The SMILES string of the molecule is NC1CCCCC1(N)[C@H]1CCCc2ccccc21.